The van der Waals surface area contributed by atoms with Crippen LogP contribution in [0.15, 0.2) is 33.6 Å². The number of hydrogen-bond acceptors (Lipinski definition) is 5. The van der Waals surface area contributed by atoms with E-state index in [2.05, 4.69) is 0 Å². The molecule has 0 atom stereocenters. The summed E-state index contributed by atoms with van der Waals surface area (Å²) < 4.78 is 80.5. The van der Waals surface area contributed by atoms with E-state index in [1.54, 1.807) is 6.92 Å². The molecule has 2 rings (SSSR count). The minimum absolute atomic E-state index is 0.131. The molecule has 11 heteroatoms. The Labute approximate surface area is 176 Å². The second-order valence-electron chi connectivity index (χ2n) is 6.75. The molecule has 0 aliphatic rings. The van der Waals surface area contributed by atoms with Gasteiger partial charge in [-0.1, -0.05) is 45.6 Å². The van der Waals surface area contributed by atoms with E-state index in [1.165, 1.54) is 6.07 Å². The summed E-state index contributed by atoms with van der Waals surface area (Å²) in [5.74, 6) is -0.0412. The molecule has 0 amide bonds. The number of unbranched alkanes of at least 4 members (excludes halogenated alkanes) is 4. The summed E-state index contributed by atoms with van der Waals surface area (Å²) in [7, 11) is -9.82. The van der Waals surface area contributed by atoms with Gasteiger partial charge in [-0.25, -0.2) is 0 Å². The Morgan fingerprint density at radius 3 is 2.27 bits per heavy atom. The quantitative estimate of drug-likeness (QED) is 0.142. The third-order valence-corrected chi connectivity index (χ3v) is 5.57. The average molecular weight is 475 g/mol. The Balaban J connectivity index is 1.91. The lowest BCUT2D eigenvalue weighted by Crippen LogP contribution is -2.06. The average Bonchev–Trinajstić information content (AvgIpc) is 2.63. The third-order valence-electron chi connectivity index (χ3n) is 4.22. The van der Waals surface area contributed by atoms with Crippen molar-refractivity contribution < 1.29 is 38.1 Å². The summed E-state index contributed by atoms with van der Waals surface area (Å²) in [4.78, 5) is 8.95. The molecule has 0 unspecified atom stereocenters. The Bertz CT molecular complexity index is 958. The van der Waals surface area contributed by atoms with Crippen LogP contribution in [0.4, 0.5) is 19.4 Å². The van der Waals surface area contributed by atoms with E-state index in [1.807, 2.05) is 0 Å². The Morgan fingerprint density at radius 1 is 1.00 bits per heavy atom. The van der Waals surface area contributed by atoms with Gasteiger partial charge in [0.05, 0.1) is 18.6 Å². The number of halogens is 5. The van der Waals surface area contributed by atoms with Crippen molar-refractivity contribution in [3.05, 3.63) is 29.0 Å². The Morgan fingerprint density at radius 2 is 1.63 bits per heavy atom. The summed E-state index contributed by atoms with van der Waals surface area (Å²) in [5, 5.41) is 0.131. The van der Waals surface area contributed by atoms with Gasteiger partial charge in [0.2, 0.25) is 0 Å². The van der Waals surface area contributed by atoms with E-state index < -0.39 is 20.7 Å². The topological polar surface area (TPSA) is 48.7 Å². The number of ether oxygens (including phenoxy) is 2. The van der Waals surface area contributed by atoms with Crippen LogP contribution in [0.3, 0.4) is 0 Å². The molecule has 0 bridgehead atoms. The van der Waals surface area contributed by atoms with Crippen LogP contribution in [0, 0.1) is 4.71 Å². The molecule has 0 N–H and O–H groups in total. The highest BCUT2D eigenvalue weighted by Crippen LogP contribution is 3.02. The molecule has 30 heavy (non-hydrogen) atoms. The maximum Gasteiger partial charge on any atom is 0.310 e. The predicted octanol–water partition coefficient (Wildman–Crippen LogP) is 8.10. The lowest BCUT2D eigenvalue weighted by molar-refractivity contribution is -0.143. The van der Waals surface area contributed by atoms with Crippen molar-refractivity contribution in [3.63, 3.8) is 0 Å². The molecule has 170 valence electrons. The Kier molecular flexibility index (Phi) is 7.07. The molecule has 1 aromatic carbocycles. The van der Waals surface area contributed by atoms with E-state index in [-0.39, 0.29) is 34.5 Å². The zero-order valence-electron chi connectivity index (χ0n) is 16.3. The van der Waals surface area contributed by atoms with E-state index in [0.29, 0.717) is 25.5 Å². The smallest absolute Gasteiger partial charge is 0.310 e. The van der Waals surface area contributed by atoms with Gasteiger partial charge in [-0.05, 0) is 37.2 Å². The van der Waals surface area contributed by atoms with Crippen molar-refractivity contribution in [2.75, 3.05) is 13.2 Å². The lowest BCUT2D eigenvalue weighted by Gasteiger charge is -2.40. The van der Waals surface area contributed by atoms with Crippen LogP contribution >= 0.6 is 22.4 Å². The number of carbonyl (C=O) groups is 1. The largest absolute Gasteiger partial charge is 0.493 e. The second kappa shape index (κ2) is 8.70. The maximum absolute atomic E-state index is 13.0. The van der Waals surface area contributed by atoms with Crippen molar-refractivity contribution in [1.82, 2.24) is 0 Å². The maximum atomic E-state index is 13.0. The monoisotopic (exact) mass is 474 g/mol. The molecule has 1 aromatic heterocycles. The zero-order chi connectivity index (χ0) is 22.5. The predicted molar refractivity (Wildman–Crippen MR) is 108 cm³/mol. The van der Waals surface area contributed by atoms with Gasteiger partial charge < -0.3 is 13.9 Å². The first-order chi connectivity index (χ1) is 13.8. The summed E-state index contributed by atoms with van der Waals surface area (Å²) in [6, 6.07) is 2.80. The Hall–Kier alpha value is -1.88. The van der Waals surface area contributed by atoms with Crippen molar-refractivity contribution in [1.29, 1.82) is 0 Å². The molecular formula is C19H23F5O4S2. The third kappa shape index (κ3) is 7.42. The van der Waals surface area contributed by atoms with Crippen molar-refractivity contribution in [2.24, 2.45) is 0 Å². The fraction of sp³-hybridized carbons (Fsp3) is 0.474. The first-order valence-electron chi connectivity index (χ1n) is 9.40. The minimum atomic E-state index is -9.82. The molecule has 0 aliphatic carbocycles. The van der Waals surface area contributed by atoms with Gasteiger partial charge in [-0.15, -0.1) is 0 Å². The van der Waals surface area contributed by atoms with Gasteiger partial charge in [0.15, 0.2) is 4.71 Å². The molecule has 0 saturated heterocycles. The van der Waals surface area contributed by atoms with E-state index >= 15 is 0 Å². The summed E-state index contributed by atoms with van der Waals surface area (Å²) in [5.41, 5.74) is -0.412. The number of fused-ring (bicyclic) bond motifs is 1. The highest BCUT2D eigenvalue weighted by Gasteiger charge is 2.65. The molecule has 1 heterocycles. The summed E-state index contributed by atoms with van der Waals surface area (Å²) in [6.45, 7) is 2.40. The van der Waals surface area contributed by atoms with Crippen LogP contribution in [0.2, 0.25) is 0 Å². The van der Waals surface area contributed by atoms with Crippen LogP contribution in [0.25, 0.3) is 11.0 Å². The van der Waals surface area contributed by atoms with Gasteiger partial charge in [0, 0.05) is 18.6 Å². The van der Waals surface area contributed by atoms with Crippen molar-refractivity contribution in [3.8, 4) is 5.75 Å². The van der Waals surface area contributed by atoms with Crippen LogP contribution in [0.1, 0.15) is 45.4 Å². The van der Waals surface area contributed by atoms with Gasteiger partial charge in [0.25, 0.3) is 0 Å². The molecule has 2 aromatic rings. The van der Waals surface area contributed by atoms with E-state index in [9.17, 15) is 24.2 Å². The van der Waals surface area contributed by atoms with Gasteiger partial charge in [-0.2, -0.15) is 0 Å². The molecular weight excluding hydrogens is 451 g/mol. The second-order valence-corrected chi connectivity index (χ2v) is 9.56. The molecule has 0 radical (unpaired) electrons. The van der Waals surface area contributed by atoms with Crippen molar-refractivity contribution >= 4 is 39.4 Å². The van der Waals surface area contributed by atoms with Gasteiger partial charge >= 0.3 is 16.2 Å². The van der Waals surface area contributed by atoms with Crippen molar-refractivity contribution in [2.45, 2.75) is 50.3 Å². The van der Waals surface area contributed by atoms with Crippen LogP contribution < -0.4 is 4.74 Å². The first kappa shape index (κ1) is 24.4. The van der Waals surface area contributed by atoms with Crippen LogP contribution in [-0.4, -0.2) is 19.2 Å². The number of esters is 1. The molecule has 0 aliphatic heterocycles. The number of hydrogen-bond donors (Lipinski definition) is 0. The first-order valence-corrected chi connectivity index (χ1v) is 11.8. The summed E-state index contributed by atoms with van der Waals surface area (Å²) >= 11 is 4.87. The van der Waals surface area contributed by atoms with Crippen LogP contribution in [0.5, 0.6) is 5.75 Å². The lowest BCUT2D eigenvalue weighted by atomic mass is 10.1. The fourth-order valence-corrected chi connectivity index (χ4v) is 3.53. The minimum Gasteiger partial charge on any atom is -0.493 e. The van der Waals surface area contributed by atoms with Gasteiger partial charge in [-0.3, -0.25) is 4.79 Å². The molecule has 0 spiro atoms. The SMILES string of the molecule is CCC(=O)OCCCCCCCOc1cc(=S)oc2cc(S(F)(F)(F)(F)F)ccc12. The number of carbonyl (C=O) groups excluding carboxylic acids is 1. The highest BCUT2D eigenvalue weighted by molar-refractivity contribution is 8.45. The van der Waals surface area contributed by atoms with E-state index in [0.717, 1.165) is 31.7 Å². The van der Waals surface area contributed by atoms with E-state index in [4.69, 9.17) is 26.1 Å². The molecule has 4 nitrogen and oxygen atoms in total. The fourth-order valence-electron chi connectivity index (χ4n) is 2.68. The number of rotatable bonds is 11. The van der Waals surface area contributed by atoms with Gasteiger partial charge in [0.1, 0.15) is 16.2 Å². The summed E-state index contributed by atoms with van der Waals surface area (Å²) in [6.07, 6.45) is 4.43. The standard InChI is InChI=1S/C19H23F5O4S2/c1-2-18(25)27-11-7-5-3-4-6-10-26-16-13-19(29)28-17-12-14(8-9-15(16)17)30(20,21,22,23)24/h8-9,12-13H,2-7,10-11H2,1H3. The highest BCUT2D eigenvalue weighted by atomic mass is 32.5. The zero-order valence-corrected chi connectivity index (χ0v) is 17.9. The molecule has 0 fully saturated rings. The normalized spacial score (nSPS) is 14.2. The molecule has 0 saturated carbocycles. The van der Waals surface area contributed by atoms with Crippen LogP contribution in [-0.2, 0) is 9.53 Å². The number of benzene rings is 1.